The summed E-state index contributed by atoms with van der Waals surface area (Å²) in [6.45, 7) is 0. The maximum Gasteiger partial charge on any atom is 0.187 e. The molecule has 2 atom stereocenters. The second-order valence-electron chi connectivity index (χ2n) is 4.01. The third-order valence-electron chi connectivity index (χ3n) is 3.55. The van der Waals surface area contributed by atoms with Crippen molar-refractivity contribution in [1.29, 1.82) is 0 Å². The summed E-state index contributed by atoms with van der Waals surface area (Å²) in [4.78, 5) is 0. The van der Waals surface area contributed by atoms with Crippen molar-refractivity contribution in [3.63, 3.8) is 0 Å². The molecule has 0 aliphatic heterocycles. The van der Waals surface area contributed by atoms with E-state index in [4.69, 9.17) is 25.5 Å². The number of ether oxygens (including phenoxy) is 2. The fourth-order valence-corrected chi connectivity index (χ4v) is 3.59. The van der Waals surface area contributed by atoms with Gasteiger partial charge in [-0.1, -0.05) is 0 Å². The molecule has 3 nitrogen and oxygen atoms in total. The van der Waals surface area contributed by atoms with E-state index in [1.165, 1.54) is 0 Å². The minimum absolute atomic E-state index is 0.293. The van der Waals surface area contributed by atoms with Crippen LogP contribution in [0.25, 0.3) is 0 Å². The maximum absolute atomic E-state index is 5.75. The molecular weight excluding hydrogens is 232 g/mol. The first-order valence-electron chi connectivity index (χ1n) is 5.42. The van der Waals surface area contributed by atoms with Gasteiger partial charge in [0.2, 0.25) is 0 Å². The summed E-state index contributed by atoms with van der Waals surface area (Å²) in [5, 5.41) is 0. The minimum atomic E-state index is -0.528. The lowest BCUT2D eigenvalue weighted by molar-refractivity contribution is -0.266. The first kappa shape index (κ1) is 13.5. The molecule has 0 saturated heterocycles. The molecule has 0 aromatic rings. The van der Waals surface area contributed by atoms with Crippen molar-refractivity contribution in [1.82, 2.24) is 0 Å². The van der Waals surface area contributed by atoms with Gasteiger partial charge < -0.3 is 13.9 Å². The zero-order valence-corrected chi connectivity index (χ0v) is 12.6. The number of hydrogen-bond donors (Lipinski definition) is 0. The molecule has 0 aromatic carbocycles. The molecule has 1 aliphatic rings. The lowest BCUT2D eigenvalue weighted by Gasteiger charge is -2.43. The fourth-order valence-electron chi connectivity index (χ4n) is 2.71. The van der Waals surface area contributed by atoms with Crippen LogP contribution >= 0.6 is 11.6 Å². The van der Waals surface area contributed by atoms with E-state index >= 15 is 0 Å². The van der Waals surface area contributed by atoms with Crippen LogP contribution in [-0.4, -0.2) is 42.0 Å². The SMILES string of the molecule is COC1(CCCCl)CCCC1(OC)O[SiH3]. The third kappa shape index (κ3) is 2.24. The zero-order chi connectivity index (χ0) is 11.4. The molecule has 2 unspecified atom stereocenters. The Morgan fingerprint density at radius 1 is 1.27 bits per heavy atom. The van der Waals surface area contributed by atoms with Gasteiger partial charge in [-0.2, -0.15) is 0 Å². The quantitative estimate of drug-likeness (QED) is 0.404. The van der Waals surface area contributed by atoms with Gasteiger partial charge in [-0.05, 0) is 25.7 Å². The van der Waals surface area contributed by atoms with Gasteiger partial charge in [0.15, 0.2) is 5.79 Å². The van der Waals surface area contributed by atoms with E-state index in [-0.39, 0.29) is 5.60 Å². The highest BCUT2D eigenvalue weighted by Gasteiger charge is 2.55. The van der Waals surface area contributed by atoms with Crippen molar-refractivity contribution >= 4 is 22.1 Å². The van der Waals surface area contributed by atoms with Crippen LogP contribution in [0, 0.1) is 0 Å². The first-order chi connectivity index (χ1) is 7.20. The molecule has 5 heteroatoms. The van der Waals surface area contributed by atoms with Gasteiger partial charge in [-0.25, -0.2) is 0 Å². The van der Waals surface area contributed by atoms with E-state index in [1.807, 2.05) is 0 Å². The molecule has 1 aliphatic carbocycles. The van der Waals surface area contributed by atoms with Crippen LogP contribution in [0.1, 0.15) is 32.1 Å². The highest BCUT2D eigenvalue weighted by atomic mass is 35.5. The smallest absolute Gasteiger partial charge is 0.187 e. The molecule has 0 amide bonds. The number of rotatable bonds is 6. The third-order valence-corrected chi connectivity index (χ3v) is 4.47. The Labute approximate surface area is 100.0 Å². The second kappa shape index (κ2) is 5.64. The normalized spacial score (nSPS) is 36.2. The molecule has 0 N–H and O–H groups in total. The maximum atomic E-state index is 5.75. The van der Waals surface area contributed by atoms with Crippen LogP contribution in [0.2, 0.25) is 0 Å². The highest BCUT2D eigenvalue weighted by Crippen LogP contribution is 2.47. The van der Waals surface area contributed by atoms with Crippen LogP contribution in [0.15, 0.2) is 0 Å². The van der Waals surface area contributed by atoms with Gasteiger partial charge in [0.25, 0.3) is 0 Å². The van der Waals surface area contributed by atoms with Crippen LogP contribution in [0.3, 0.4) is 0 Å². The Morgan fingerprint density at radius 2 is 2.00 bits per heavy atom. The van der Waals surface area contributed by atoms with Crippen molar-refractivity contribution in [2.75, 3.05) is 20.1 Å². The van der Waals surface area contributed by atoms with Gasteiger partial charge in [-0.3, -0.25) is 0 Å². The predicted molar refractivity (Wildman–Crippen MR) is 64.3 cm³/mol. The summed E-state index contributed by atoms with van der Waals surface area (Å²) in [5.41, 5.74) is -0.293. The zero-order valence-electron chi connectivity index (χ0n) is 9.85. The van der Waals surface area contributed by atoms with Crippen molar-refractivity contribution in [2.24, 2.45) is 0 Å². The molecule has 1 fully saturated rings. The van der Waals surface area contributed by atoms with E-state index in [9.17, 15) is 0 Å². The first-order valence-corrected chi connectivity index (χ1v) is 6.77. The van der Waals surface area contributed by atoms with Crippen molar-refractivity contribution in [2.45, 2.75) is 43.5 Å². The predicted octanol–water partition coefficient (Wildman–Crippen LogP) is 1.21. The minimum Gasteiger partial charge on any atom is -0.399 e. The summed E-state index contributed by atoms with van der Waals surface area (Å²) < 4.78 is 17.0. The van der Waals surface area contributed by atoms with E-state index in [0.29, 0.717) is 16.4 Å². The molecular formula is C10H21ClO3Si. The molecule has 0 radical (unpaired) electrons. The van der Waals surface area contributed by atoms with Gasteiger partial charge >= 0.3 is 0 Å². The number of hydrogen-bond acceptors (Lipinski definition) is 3. The summed E-state index contributed by atoms with van der Waals surface area (Å²) in [7, 11) is 4.11. The van der Waals surface area contributed by atoms with Gasteiger partial charge in [0.1, 0.15) is 16.1 Å². The number of alkyl halides is 1. The van der Waals surface area contributed by atoms with Crippen LogP contribution < -0.4 is 0 Å². The molecule has 0 spiro atoms. The van der Waals surface area contributed by atoms with E-state index < -0.39 is 5.79 Å². The van der Waals surface area contributed by atoms with Crippen molar-refractivity contribution in [3.05, 3.63) is 0 Å². The largest absolute Gasteiger partial charge is 0.399 e. The average molecular weight is 253 g/mol. The molecule has 15 heavy (non-hydrogen) atoms. The van der Waals surface area contributed by atoms with Crippen LogP contribution in [0.4, 0.5) is 0 Å². The van der Waals surface area contributed by atoms with Crippen LogP contribution in [0.5, 0.6) is 0 Å². The summed E-state index contributed by atoms with van der Waals surface area (Å²) in [5.74, 6) is 0.131. The highest BCUT2D eigenvalue weighted by molar-refractivity contribution is 6.17. The molecule has 0 heterocycles. The number of halogens is 1. The Bertz CT molecular complexity index is 199. The Kier molecular flexibility index (Phi) is 5.06. The lowest BCUT2D eigenvalue weighted by Crippen LogP contribution is -2.54. The van der Waals surface area contributed by atoms with Crippen LogP contribution in [-0.2, 0) is 13.9 Å². The monoisotopic (exact) mass is 252 g/mol. The standard InChI is InChI=1S/C10H21ClO3Si/c1-12-9(6-4-8-11)5-3-7-10(9,13-2)14-15/h3-8H2,1-2,15H3. The van der Waals surface area contributed by atoms with Gasteiger partial charge in [0.05, 0.1) is 0 Å². The van der Waals surface area contributed by atoms with Crippen molar-refractivity contribution in [3.8, 4) is 0 Å². The Balaban J connectivity index is 2.84. The van der Waals surface area contributed by atoms with E-state index in [1.54, 1.807) is 14.2 Å². The molecule has 1 rings (SSSR count). The fraction of sp³-hybridized carbons (Fsp3) is 1.00. The summed E-state index contributed by atoms with van der Waals surface area (Å²) in [6.07, 6.45) is 4.85. The number of methoxy groups -OCH3 is 2. The molecule has 90 valence electrons. The summed E-state index contributed by atoms with van der Waals surface area (Å²) >= 11 is 5.75. The second-order valence-corrected chi connectivity index (χ2v) is 4.79. The van der Waals surface area contributed by atoms with E-state index in [2.05, 4.69) is 0 Å². The van der Waals surface area contributed by atoms with Crippen molar-refractivity contribution < 1.29 is 13.9 Å². The lowest BCUT2D eigenvalue weighted by atomic mass is 9.90. The van der Waals surface area contributed by atoms with E-state index in [0.717, 1.165) is 32.1 Å². The Morgan fingerprint density at radius 3 is 2.47 bits per heavy atom. The van der Waals surface area contributed by atoms with Gasteiger partial charge in [-0.15, -0.1) is 11.6 Å². The summed E-state index contributed by atoms with van der Waals surface area (Å²) in [6, 6.07) is 0. The van der Waals surface area contributed by atoms with Gasteiger partial charge in [0, 0.05) is 26.5 Å². The molecule has 1 saturated carbocycles. The molecule has 0 aromatic heterocycles. The molecule has 0 bridgehead atoms. The Hall–Kier alpha value is 0.387. The topological polar surface area (TPSA) is 27.7 Å². The average Bonchev–Trinajstić information content (AvgIpc) is 2.66.